The van der Waals surface area contributed by atoms with Crippen LogP contribution in [0.2, 0.25) is 0 Å². The van der Waals surface area contributed by atoms with E-state index in [4.69, 9.17) is 4.52 Å². The molecule has 4 rings (SSSR count). The fourth-order valence-corrected chi connectivity index (χ4v) is 3.32. The van der Waals surface area contributed by atoms with Crippen molar-refractivity contribution in [2.75, 3.05) is 26.2 Å². The van der Waals surface area contributed by atoms with Crippen LogP contribution in [0.4, 0.5) is 8.78 Å². The number of para-hydroxylation sites is 1. The van der Waals surface area contributed by atoms with E-state index >= 15 is 0 Å². The van der Waals surface area contributed by atoms with Gasteiger partial charge in [-0.05, 0) is 24.3 Å². The van der Waals surface area contributed by atoms with Crippen LogP contribution in [-0.2, 0) is 0 Å². The van der Waals surface area contributed by atoms with E-state index in [0.29, 0.717) is 5.76 Å². The minimum absolute atomic E-state index is 0.0565. The van der Waals surface area contributed by atoms with Gasteiger partial charge in [0.05, 0.1) is 5.56 Å². The summed E-state index contributed by atoms with van der Waals surface area (Å²) in [5.74, 6) is -0.454. The summed E-state index contributed by atoms with van der Waals surface area (Å²) in [6.45, 7) is -1.96. The molecule has 1 aromatic carbocycles. The van der Waals surface area contributed by atoms with E-state index in [1.807, 2.05) is 0 Å². The highest BCUT2D eigenvalue weighted by Gasteiger charge is 2.28. The molecule has 2 aromatic heterocycles. The zero-order valence-electron chi connectivity index (χ0n) is 16.3. The molecular formula is C21H18F2N4O4. The van der Waals surface area contributed by atoms with Crippen molar-refractivity contribution >= 4 is 11.8 Å². The topological polar surface area (TPSA) is 88.8 Å². The fourth-order valence-electron chi connectivity index (χ4n) is 3.32. The van der Waals surface area contributed by atoms with Crippen molar-refractivity contribution < 1.29 is 27.6 Å². The molecular weight excluding hydrogens is 410 g/mol. The van der Waals surface area contributed by atoms with Gasteiger partial charge in [-0.1, -0.05) is 17.3 Å². The maximum absolute atomic E-state index is 12.8. The van der Waals surface area contributed by atoms with E-state index in [0.717, 1.165) is 5.56 Å². The Kier molecular flexibility index (Phi) is 5.87. The van der Waals surface area contributed by atoms with E-state index in [2.05, 4.69) is 14.9 Å². The number of benzene rings is 1. The summed E-state index contributed by atoms with van der Waals surface area (Å²) in [5.41, 5.74) is 0.977. The fraction of sp³-hybridized carbons (Fsp3) is 0.238. The second-order valence-electron chi connectivity index (χ2n) is 6.77. The average Bonchev–Trinajstić information content (AvgIpc) is 3.29. The van der Waals surface area contributed by atoms with Gasteiger partial charge in [0.25, 0.3) is 11.8 Å². The van der Waals surface area contributed by atoms with Crippen LogP contribution >= 0.6 is 0 Å². The Hall–Kier alpha value is -3.82. The summed E-state index contributed by atoms with van der Waals surface area (Å²) in [4.78, 5) is 32.5. The third-order valence-electron chi connectivity index (χ3n) is 4.88. The van der Waals surface area contributed by atoms with Crippen molar-refractivity contribution in [2.45, 2.75) is 6.61 Å². The number of carbonyl (C=O) groups excluding carboxylic acids is 2. The number of pyridine rings is 1. The largest absolute Gasteiger partial charge is 0.434 e. The normalized spacial score (nSPS) is 14.0. The van der Waals surface area contributed by atoms with Crippen LogP contribution in [0.5, 0.6) is 5.75 Å². The molecule has 0 spiro atoms. The number of rotatable bonds is 5. The Morgan fingerprint density at radius 1 is 0.968 bits per heavy atom. The van der Waals surface area contributed by atoms with Crippen LogP contribution in [0.1, 0.15) is 20.8 Å². The van der Waals surface area contributed by atoms with Crippen molar-refractivity contribution in [2.24, 2.45) is 0 Å². The van der Waals surface area contributed by atoms with E-state index < -0.39 is 12.5 Å². The minimum atomic E-state index is -3.03. The maximum atomic E-state index is 12.8. The lowest BCUT2D eigenvalue weighted by atomic mass is 10.1. The molecule has 8 nitrogen and oxygen atoms in total. The van der Waals surface area contributed by atoms with Crippen LogP contribution in [0.25, 0.3) is 11.3 Å². The molecule has 1 aliphatic rings. The van der Waals surface area contributed by atoms with Crippen molar-refractivity contribution in [3.63, 3.8) is 0 Å². The molecule has 160 valence electrons. The third kappa shape index (κ3) is 4.52. The molecule has 0 bridgehead atoms. The number of piperazine rings is 1. The summed E-state index contributed by atoms with van der Waals surface area (Å²) >= 11 is 0. The van der Waals surface area contributed by atoms with E-state index in [9.17, 15) is 18.4 Å². The Balaban J connectivity index is 1.39. The lowest BCUT2D eigenvalue weighted by Gasteiger charge is -2.34. The van der Waals surface area contributed by atoms with Gasteiger partial charge < -0.3 is 19.1 Å². The molecule has 3 aromatic rings. The molecule has 0 N–H and O–H groups in total. The number of hydrogen-bond acceptors (Lipinski definition) is 6. The number of alkyl halides is 2. The number of amides is 2. The number of aromatic nitrogens is 2. The van der Waals surface area contributed by atoms with Crippen LogP contribution in [0.3, 0.4) is 0 Å². The molecule has 1 saturated heterocycles. The lowest BCUT2D eigenvalue weighted by molar-refractivity contribution is -0.0503. The van der Waals surface area contributed by atoms with E-state index in [1.54, 1.807) is 41.6 Å². The lowest BCUT2D eigenvalue weighted by Crippen LogP contribution is -2.50. The van der Waals surface area contributed by atoms with Crippen molar-refractivity contribution in [3.05, 3.63) is 66.1 Å². The van der Waals surface area contributed by atoms with Gasteiger partial charge in [-0.3, -0.25) is 14.6 Å². The summed E-state index contributed by atoms with van der Waals surface area (Å²) < 4.78 is 34.9. The Bertz CT molecular complexity index is 1070. The predicted molar refractivity (Wildman–Crippen MR) is 105 cm³/mol. The van der Waals surface area contributed by atoms with Gasteiger partial charge in [-0.15, -0.1) is 0 Å². The molecule has 31 heavy (non-hydrogen) atoms. The zero-order chi connectivity index (χ0) is 21.8. The van der Waals surface area contributed by atoms with Crippen LogP contribution < -0.4 is 4.74 Å². The molecule has 10 heteroatoms. The summed E-state index contributed by atoms with van der Waals surface area (Å²) in [6, 6.07) is 10.9. The van der Waals surface area contributed by atoms with Crippen LogP contribution in [0.15, 0.2) is 59.4 Å². The average molecular weight is 428 g/mol. The first-order valence-corrected chi connectivity index (χ1v) is 9.52. The number of carbonyl (C=O) groups is 2. The first-order valence-electron chi connectivity index (χ1n) is 9.52. The van der Waals surface area contributed by atoms with Crippen molar-refractivity contribution in [1.29, 1.82) is 0 Å². The Labute approximate surface area is 176 Å². The number of hydrogen-bond donors (Lipinski definition) is 0. The van der Waals surface area contributed by atoms with Gasteiger partial charge in [0.1, 0.15) is 5.75 Å². The predicted octanol–water partition coefficient (Wildman–Crippen LogP) is 2.94. The second kappa shape index (κ2) is 8.90. The molecule has 2 amide bonds. The van der Waals surface area contributed by atoms with Gasteiger partial charge in [-0.2, -0.15) is 8.78 Å². The van der Waals surface area contributed by atoms with E-state index in [-0.39, 0.29) is 49.1 Å². The number of halogens is 2. The van der Waals surface area contributed by atoms with Gasteiger partial charge in [0, 0.05) is 50.2 Å². The molecule has 1 aliphatic heterocycles. The van der Waals surface area contributed by atoms with Crippen LogP contribution in [-0.4, -0.2) is 64.5 Å². The molecule has 0 atom stereocenters. The van der Waals surface area contributed by atoms with Gasteiger partial charge >= 0.3 is 6.61 Å². The van der Waals surface area contributed by atoms with Gasteiger partial charge in [0.2, 0.25) is 0 Å². The number of nitrogens with zero attached hydrogens (tertiary/aromatic N) is 4. The number of ether oxygens (including phenoxy) is 1. The molecule has 1 fully saturated rings. The molecule has 0 radical (unpaired) electrons. The van der Waals surface area contributed by atoms with Gasteiger partial charge in [0.15, 0.2) is 11.5 Å². The van der Waals surface area contributed by atoms with E-state index in [1.165, 1.54) is 23.1 Å². The molecule has 0 unspecified atom stereocenters. The zero-order valence-corrected chi connectivity index (χ0v) is 16.3. The molecule has 0 aliphatic carbocycles. The highest BCUT2D eigenvalue weighted by Crippen LogP contribution is 2.23. The Morgan fingerprint density at radius 3 is 2.29 bits per heavy atom. The van der Waals surface area contributed by atoms with Crippen molar-refractivity contribution in [3.8, 4) is 17.1 Å². The highest BCUT2D eigenvalue weighted by atomic mass is 19.3. The first-order chi connectivity index (χ1) is 15.0. The standard InChI is InChI=1S/C21H18F2N4O4/c22-21(23)30-17-4-2-1-3-15(17)19(28)26-9-11-27(12-10-26)20(29)16-13-18(31-25-16)14-5-7-24-8-6-14/h1-8,13,21H,9-12H2. The monoisotopic (exact) mass is 428 g/mol. The Morgan fingerprint density at radius 2 is 1.61 bits per heavy atom. The highest BCUT2D eigenvalue weighted by molar-refractivity contribution is 5.97. The first kappa shape index (κ1) is 20.5. The summed E-state index contributed by atoms with van der Waals surface area (Å²) in [6.07, 6.45) is 3.22. The third-order valence-corrected chi connectivity index (χ3v) is 4.88. The second-order valence-corrected chi connectivity index (χ2v) is 6.77. The van der Waals surface area contributed by atoms with Gasteiger partial charge in [-0.25, -0.2) is 0 Å². The summed E-state index contributed by atoms with van der Waals surface area (Å²) in [7, 11) is 0. The molecule has 3 heterocycles. The maximum Gasteiger partial charge on any atom is 0.387 e. The van der Waals surface area contributed by atoms with Crippen LogP contribution in [0, 0.1) is 0 Å². The quantitative estimate of drug-likeness (QED) is 0.621. The minimum Gasteiger partial charge on any atom is -0.434 e. The smallest absolute Gasteiger partial charge is 0.387 e. The SMILES string of the molecule is O=C(c1cc(-c2ccncc2)on1)N1CCN(C(=O)c2ccccc2OC(F)F)CC1. The molecule has 0 saturated carbocycles. The summed E-state index contributed by atoms with van der Waals surface area (Å²) in [5, 5.41) is 3.85. The van der Waals surface area contributed by atoms with Crippen molar-refractivity contribution in [1.82, 2.24) is 19.9 Å².